The molecular weight excluding hydrogens is 305 g/mol. The van der Waals surface area contributed by atoms with E-state index >= 15 is 0 Å². The van der Waals surface area contributed by atoms with Crippen molar-refractivity contribution in [2.75, 3.05) is 0 Å². The van der Waals surface area contributed by atoms with Crippen LogP contribution < -0.4 is 5.32 Å². The Hall–Kier alpha value is -0.580. The van der Waals surface area contributed by atoms with Gasteiger partial charge in [-0.3, -0.25) is 4.79 Å². The average Bonchev–Trinajstić information content (AvgIpc) is 2.14. The molecule has 0 spiro atoms. The van der Waals surface area contributed by atoms with Crippen LogP contribution in [-0.2, 0) is 0 Å². The molecule has 0 bridgehead atoms. The summed E-state index contributed by atoms with van der Waals surface area (Å²) in [6.07, 6.45) is 0.0874. The molecule has 17 heavy (non-hydrogen) atoms. The number of carbonyl (C=O) groups is 1. The van der Waals surface area contributed by atoms with E-state index in [1.54, 1.807) is 25.1 Å². The van der Waals surface area contributed by atoms with E-state index in [0.717, 1.165) is 4.47 Å². The zero-order valence-corrected chi connectivity index (χ0v) is 12.0. The highest BCUT2D eigenvalue weighted by atomic mass is 79.9. The van der Waals surface area contributed by atoms with Gasteiger partial charge in [0.15, 0.2) is 0 Å². The number of nitrogens with one attached hydrogen (secondary N) is 1. The van der Waals surface area contributed by atoms with Crippen LogP contribution in [0, 0.1) is 0 Å². The predicted molar refractivity (Wildman–Crippen MR) is 72.4 cm³/mol. The second-order valence-corrected chi connectivity index (χ2v) is 5.47. The van der Waals surface area contributed by atoms with Crippen molar-refractivity contribution in [3.05, 3.63) is 33.3 Å². The topological polar surface area (TPSA) is 49.3 Å². The van der Waals surface area contributed by atoms with Crippen molar-refractivity contribution in [2.45, 2.75) is 32.4 Å². The fourth-order valence-corrected chi connectivity index (χ4v) is 2.42. The molecule has 0 aliphatic heterocycles. The molecule has 0 aliphatic carbocycles. The molecule has 3 nitrogen and oxygen atoms in total. The molecular formula is C12H15BrClNO2. The lowest BCUT2D eigenvalue weighted by molar-refractivity contribution is 0.0923. The number of carbonyl (C=O) groups excluding carboxylic acids is 1. The maximum Gasteiger partial charge on any atom is 0.251 e. The average molecular weight is 321 g/mol. The lowest BCUT2D eigenvalue weighted by atomic mass is 10.1. The van der Waals surface area contributed by atoms with E-state index in [2.05, 4.69) is 21.2 Å². The summed E-state index contributed by atoms with van der Waals surface area (Å²) in [4.78, 5) is 11.9. The quantitative estimate of drug-likeness (QED) is 0.896. The third-order valence-electron chi connectivity index (χ3n) is 2.20. The molecule has 0 aliphatic rings. The predicted octanol–water partition coefficient (Wildman–Crippen LogP) is 2.99. The first-order valence-corrected chi connectivity index (χ1v) is 6.50. The normalized spacial score (nSPS) is 14.2. The maximum atomic E-state index is 11.9. The molecule has 1 aromatic rings. The number of halogens is 2. The number of aliphatic hydroxyl groups excluding tert-OH is 1. The molecule has 0 saturated carbocycles. The van der Waals surface area contributed by atoms with Crippen LogP contribution >= 0.6 is 27.5 Å². The number of rotatable bonds is 4. The van der Waals surface area contributed by atoms with Gasteiger partial charge in [-0.05, 0) is 38.5 Å². The first-order chi connectivity index (χ1) is 7.88. The van der Waals surface area contributed by atoms with Crippen LogP contribution in [0.15, 0.2) is 22.7 Å². The molecule has 1 amide bonds. The van der Waals surface area contributed by atoms with Gasteiger partial charge in [0.25, 0.3) is 5.91 Å². The van der Waals surface area contributed by atoms with Crippen molar-refractivity contribution in [3.8, 4) is 0 Å². The minimum absolute atomic E-state index is 0.0831. The molecule has 1 aromatic carbocycles. The summed E-state index contributed by atoms with van der Waals surface area (Å²) in [5.74, 6) is -0.193. The standard InChI is InChI=1S/C12H15BrClNO2/c1-7(3-8(2)16)15-12(17)9-4-10(13)6-11(14)5-9/h4-8,16H,3H2,1-2H3,(H,15,17). The Morgan fingerprint density at radius 3 is 2.65 bits per heavy atom. The van der Waals surface area contributed by atoms with E-state index in [4.69, 9.17) is 11.6 Å². The molecule has 5 heteroatoms. The molecule has 2 unspecified atom stereocenters. The monoisotopic (exact) mass is 319 g/mol. The minimum atomic E-state index is -0.434. The largest absolute Gasteiger partial charge is 0.393 e. The zero-order chi connectivity index (χ0) is 13.0. The van der Waals surface area contributed by atoms with Gasteiger partial charge in [0.2, 0.25) is 0 Å². The van der Waals surface area contributed by atoms with Crippen LogP contribution in [0.4, 0.5) is 0 Å². The number of hydrogen-bond donors (Lipinski definition) is 2. The van der Waals surface area contributed by atoms with E-state index in [1.807, 2.05) is 6.92 Å². The lowest BCUT2D eigenvalue weighted by Gasteiger charge is -2.15. The van der Waals surface area contributed by atoms with Crippen LogP contribution in [0.3, 0.4) is 0 Å². The van der Waals surface area contributed by atoms with Crippen molar-refractivity contribution in [3.63, 3.8) is 0 Å². The van der Waals surface area contributed by atoms with Gasteiger partial charge in [0, 0.05) is 21.1 Å². The number of hydrogen-bond acceptors (Lipinski definition) is 2. The summed E-state index contributed by atoms with van der Waals surface area (Å²) in [6, 6.07) is 4.95. The first kappa shape index (κ1) is 14.5. The molecule has 0 saturated heterocycles. The zero-order valence-electron chi connectivity index (χ0n) is 9.71. The Bertz CT molecular complexity index is 389. The van der Waals surface area contributed by atoms with Crippen molar-refractivity contribution < 1.29 is 9.90 Å². The fraction of sp³-hybridized carbons (Fsp3) is 0.417. The highest BCUT2D eigenvalue weighted by Gasteiger charge is 2.12. The van der Waals surface area contributed by atoms with Crippen molar-refractivity contribution in [1.82, 2.24) is 5.32 Å². The van der Waals surface area contributed by atoms with Gasteiger partial charge < -0.3 is 10.4 Å². The van der Waals surface area contributed by atoms with Crippen LogP contribution in [0.1, 0.15) is 30.6 Å². The second kappa shape index (κ2) is 6.38. The van der Waals surface area contributed by atoms with Gasteiger partial charge in [0.05, 0.1) is 6.10 Å². The summed E-state index contributed by atoms with van der Waals surface area (Å²) in [6.45, 7) is 3.54. The second-order valence-electron chi connectivity index (χ2n) is 4.12. The Labute approximate surface area is 114 Å². The van der Waals surface area contributed by atoms with Gasteiger partial charge in [-0.25, -0.2) is 0 Å². The van der Waals surface area contributed by atoms with Crippen LogP contribution in [0.2, 0.25) is 5.02 Å². The molecule has 0 fully saturated rings. The van der Waals surface area contributed by atoms with E-state index in [1.165, 1.54) is 0 Å². The SMILES string of the molecule is CC(O)CC(C)NC(=O)c1cc(Cl)cc(Br)c1. The van der Waals surface area contributed by atoms with E-state index in [0.29, 0.717) is 17.0 Å². The molecule has 94 valence electrons. The fourth-order valence-electron chi connectivity index (χ4n) is 1.56. The minimum Gasteiger partial charge on any atom is -0.393 e. The third-order valence-corrected chi connectivity index (χ3v) is 2.87. The Kier molecular flexibility index (Phi) is 5.43. The Morgan fingerprint density at radius 2 is 2.12 bits per heavy atom. The van der Waals surface area contributed by atoms with Crippen molar-refractivity contribution >= 4 is 33.4 Å². The summed E-state index contributed by atoms with van der Waals surface area (Å²) < 4.78 is 0.762. The van der Waals surface area contributed by atoms with Gasteiger partial charge in [0.1, 0.15) is 0 Å². The highest BCUT2D eigenvalue weighted by Crippen LogP contribution is 2.19. The summed E-state index contributed by atoms with van der Waals surface area (Å²) in [5, 5.41) is 12.5. The molecule has 0 aromatic heterocycles. The third kappa shape index (κ3) is 5.06. The number of aliphatic hydroxyl groups is 1. The van der Waals surface area contributed by atoms with Crippen LogP contribution in [0.25, 0.3) is 0 Å². The van der Waals surface area contributed by atoms with Crippen molar-refractivity contribution in [2.24, 2.45) is 0 Å². The molecule has 2 N–H and O–H groups in total. The Morgan fingerprint density at radius 1 is 1.47 bits per heavy atom. The highest BCUT2D eigenvalue weighted by molar-refractivity contribution is 9.10. The van der Waals surface area contributed by atoms with Crippen LogP contribution in [0.5, 0.6) is 0 Å². The van der Waals surface area contributed by atoms with E-state index in [-0.39, 0.29) is 11.9 Å². The first-order valence-electron chi connectivity index (χ1n) is 5.33. The smallest absolute Gasteiger partial charge is 0.251 e. The number of benzene rings is 1. The summed E-state index contributed by atoms with van der Waals surface area (Å²) >= 11 is 9.15. The van der Waals surface area contributed by atoms with E-state index in [9.17, 15) is 9.90 Å². The van der Waals surface area contributed by atoms with Gasteiger partial charge >= 0.3 is 0 Å². The van der Waals surface area contributed by atoms with Crippen LogP contribution in [-0.4, -0.2) is 23.2 Å². The summed E-state index contributed by atoms with van der Waals surface area (Å²) in [7, 11) is 0. The summed E-state index contributed by atoms with van der Waals surface area (Å²) in [5.41, 5.74) is 0.502. The van der Waals surface area contributed by atoms with Gasteiger partial charge in [-0.1, -0.05) is 27.5 Å². The Balaban J connectivity index is 2.69. The van der Waals surface area contributed by atoms with Crippen molar-refractivity contribution in [1.29, 1.82) is 0 Å². The van der Waals surface area contributed by atoms with E-state index < -0.39 is 6.10 Å². The molecule has 1 rings (SSSR count). The molecule has 2 atom stereocenters. The lowest BCUT2D eigenvalue weighted by Crippen LogP contribution is -2.34. The van der Waals surface area contributed by atoms with Gasteiger partial charge in [-0.15, -0.1) is 0 Å². The van der Waals surface area contributed by atoms with Gasteiger partial charge in [-0.2, -0.15) is 0 Å². The maximum absolute atomic E-state index is 11.9. The number of amides is 1. The molecule has 0 radical (unpaired) electrons. The molecule has 0 heterocycles.